The van der Waals surface area contributed by atoms with Gasteiger partial charge in [0.05, 0.1) is 12.2 Å². The fourth-order valence-corrected chi connectivity index (χ4v) is 3.52. The molecule has 2 aliphatic rings. The van der Waals surface area contributed by atoms with Gasteiger partial charge in [0.2, 0.25) is 0 Å². The van der Waals surface area contributed by atoms with Crippen LogP contribution in [0.2, 0.25) is 0 Å². The van der Waals surface area contributed by atoms with Crippen molar-refractivity contribution in [3.05, 3.63) is 30.1 Å². The van der Waals surface area contributed by atoms with Crippen LogP contribution < -0.4 is 0 Å². The van der Waals surface area contributed by atoms with E-state index >= 15 is 0 Å². The Bertz CT molecular complexity index is 411. The zero-order valence-corrected chi connectivity index (χ0v) is 13.1. The summed E-state index contributed by atoms with van der Waals surface area (Å²) in [5.41, 5.74) is 1.41. The van der Waals surface area contributed by atoms with E-state index in [2.05, 4.69) is 33.8 Å². The van der Waals surface area contributed by atoms with Crippen LogP contribution in [-0.2, 0) is 11.2 Å². The lowest BCUT2D eigenvalue weighted by atomic mass is 10.1. The molecule has 3 heterocycles. The van der Waals surface area contributed by atoms with Crippen LogP contribution in [0.15, 0.2) is 24.5 Å². The number of fused-ring (bicyclic) bond motifs is 2. The number of hydrogen-bond donors (Lipinski definition) is 0. The molecule has 2 bridgehead atoms. The van der Waals surface area contributed by atoms with Crippen LogP contribution >= 0.6 is 0 Å². The number of ether oxygens (including phenoxy) is 1. The predicted molar refractivity (Wildman–Crippen MR) is 84.4 cm³/mol. The second-order valence-electron chi connectivity index (χ2n) is 6.30. The third-order valence-electron chi connectivity index (χ3n) is 4.62. The molecule has 2 atom stereocenters. The molecule has 1 aromatic rings. The third-order valence-corrected chi connectivity index (χ3v) is 4.62. The first kappa shape index (κ1) is 14.9. The van der Waals surface area contributed by atoms with Crippen molar-refractivity contribution in [2.24, 2.45) is 0 Å². The van der Waals surface area contributed by atoms with Gasteiger partial charge in [0.25, 0.3) is 0 Å². The number of unbranched alkanes of at least 4 members (excludes halogenated alkanes) is 1. The zero-order chi connectivity index (χ0) is 14.5. The normalized spacial score (nSPS) is 26.9. The number of aromatic nitrogens is 1. The van der Waals surface area contributed by atoms with E-state index in [1.54, 1.807) is 0 Å². The van der Waals surface area contributed by atoms with Gasteiger partial charge in [-0.15, -0.1) is 0 Å². The summed E-state index contributed by atoms with van der Waals surface area (Å²) in [6.07, 6.45) is 8.34. The lowest BCUT2D eigenvalue weighted by molar-refractivity contribution is -0.137. The summed E-state index contributed by atoms with van der Waals surface area (Å²) < 4.78 is 6.07. The van der Waals surface area contributed by atoms with E-state index in [0.29, 0.717) is 12.2 Å². The Kier molecular flexibility index (Phi) is 5.22. The fourth-order valence-electron chi connectivity index (χ4n) is 3.52. The zero-order valence-electron chi connectivity index (χ0n) is 13.1. The molecule has 2 unspecified atom stereocenters. The van der Waals surface area contributed by atoms with E-state index in [9.17, 15) is 0 Å². The molecule has 0 amide bonds. The number of pyridine rings is 1. The van der Waals surface area contributed by atoms with Crippen molar-refractivity contribution in [2.45, 2.75) is 38.4 Å². The Morgan fingerprint density at radius 3 is 2.38 bits per heavy atom. The highest BCUT2D eigenvalue weighted by Crippen LogP contribution is 2.19. The van der Waals surface area contributed by atoms with Crippen LogP contribution in [0.5, 0.6) is 0 Å². The van der Waals surface area contributed by atoms with Crippen molar-refractivity contribution in [3.8, 4) is 0 Å². The number of hydrogen-bond acceptors (Lipinski definition) is 4. The van der Waals surface area contributed by atoms with E-state index in [0.717, 1.165) is 32.7 Å². The maximum Gasteiger partial charge on any atom is 0.0833 e. The number of morpholine rings is 2. The first-order valence-corrected chi connectivity index (χ1v) is 8.32. The first-order valence-electron chi connectivity index (χ1n) is 8.32. The summed E-state index contributed by atoms with van der Waals surface area (Å²) in [5, 5.41) is 0. The van der Waals surface area contributed by atoms with Gasteiger partial charge in [0.1, 0.15) is 0 Å². The Labute approximate surface area is 128 Å². The van der Waals surface area contributed by atoms with Crippen LogP contribution in [0.25, 0.3) is 0 Å². The second-order valence-corrected chi connectivity index (χ2v) is 6.30. The van der Waals surface area contributed by atoms with E-state index in [1.165, 1.54) is 31.4 Å². The summed E-state index contributed by atoms with van der Waals surface area (Å²) in [4.78, 5) is 9.20. The molecular formula is C17H27N3O. The lowest BCUT2D eigenvalue weighted by Gasteiger charge is -2.45. The highest BCUT2D eigenvalue weighted by Gasteiger charge is 2.33. The quantitative estimate of drug-likeness (QED) is 0.747. The van der Waals surface area contributed by atoms with Gasteiger partial charge in [-0.25, -0.2) is 0 Å². The minimum atomic E-state index is 0.428. The Balaban J connectivity index is 1.37. The molecule has 4 heteroatoms. The Morgan fingerprint density at radius 1 is 1.05 bits per heavy atom. The molecule has 1 aromatic heterocycles. The average Bonchev–Trinajstić information content (AvgIpc) is 2.51. The molecule has 3 rings (SSSR count). The van der Waals surface area contributed by atoms with Crippen molar-refractivity contribution in [3.63, 3.8) is 0 Å². The van der Waals surface area contributed by atoms with Gasteiger partial charge in [0.15, 0.2) is 0 Å². The van der Waals surface area contributed by atoms with E-state index in [4.69, 9.17) is 4.74 Å². The molecule has 0 spiro atoms. The van der Waals surface area contributed by atoms with Gasteiger partial charge in [-0.3, -0.25) is 14.8 Å². The highest BCUT2D eigenvalue weighted by molar-refractivity contribution is 5.09. The topological polar surface area (TPSA) is 28.6 Å². The van der Waals surface area contributed by atoms with Gasteiger partial charge in [-0.2, -0.15) is 0 Å². The van der Waals surface area contributed by atoms with Crippen LogP contribution in [0.1, 0.15) is 25.3 Å². The van der Waals surface area contributed by atoms with E-state index < -0.39 is 0 Å². The SMILES string of the molecule is CCN1CC2CN(CCCCc3ccncc3)CC(C1)O2. The minimum absolute atomic E-state index is 0.428. The summed E-state index contributed by atoms with van der Waals surface area (Å²) in [6, 6.07) is 4.25. The highest BCUT2D eigenvalue weighted by atomic mass is 16.5. The van der Waals surface area contributed by atoms with Crippen molar-refractivity contribution < 1.29 is 4.74 Å². The largest absolute Gasteiger partial charge is 0.370 e. The Hall–Kier alpha value is -0.970. The molecule has 21 heavy (non-hydrogen) atoms. The number of rotatable bonds is 6. The third kappa shape index (κ3) is 4.25. The maximum absolute atomic E-state index is 6.07. The van der Waals surface area contributed by atoms with E-state index in [-0.39, 0.29) is 0 Å². The molecule has 2 fully saturated rings. The Morgan fingerprint density at radius 2 is 1.71 bits per heavy atom. The second kappa shape index (κ2) is 7.34. The molecule has 0 radical (unpaired) electrons. The minimum Gasteiger partial charge on any atom is -0.370 e. The average molecular weight is 289 g/mol. The first-order chi connectivity index (χ1) is 10.3. The molecule has 0 aliphatic carbocycles. The molecule has 0 saturated carbocycles. The molecule has 2 aliphatic heterocycles. The summed E-state index contributed by atoms with van der Waals surface area (Å²) in [6.45, 7) is 9.07. The molecule has 4 nitrogen and oxygen atoms in total. The van der Waals surface area contributed by atoms with E-state index in [1.807, 2.05) is 12.4 Å². The van der Waals surface area contributed by atoms with Gasteiger partial charge in [-0.1, -0.05) is 6.92 Å². The molecule has 0 aromatic carbocycles. The number of likely N-dealkylation sites (N-methyl/N-ethyl adjacent to an activating group) is 1. The molecule has 116 valence electrons. The summed E-state index contributed by atoms with van der Waals surface area (Å²) in [7, 11) is 0. The number of nitrogens with zero attached hydrogens (tertiary/aromatic N) is 3. The van der Waals surface area contributed by atoms with Crippen molar-refractivity contribution in [1.29, 1.82) is 0 Å². The van der Waals surface area contributed by atoms with Gasteiger partial charge >= 0.3 is 0 Å². The van der Waals surface area contributed by atoms with Gasteiger partial charge in [-0.05, 0) is 50.0 Å². The standard InChI is InChI=1S/C17H27N3O/c1-2-19-11-16-13-20(14-17(12-19)21-16)10-4-3-5-15-6-8-18-9-7-15/h6-9,16-17H,2-5,10-14H2,1H3. The molecular weight excluding hydrogens is 262 g/mol. The lowest BCUT2D eigenvalue weighted by Crippen LogP contribution is -2.59. The smallest absolute Gasteiger partial charge is 0.0833 e. The van der Waals surface area contributed by atoms with Crippen LogP contribution in [0.3, 0.4) is 0 Å². The van der Waals surface area contributed by atoms with Crippen LogP contribution in [-0.4, -0.2) is 66.3 Å². The molecule has 0 N–H and O–H groups in total. The maximum atomic E-state index is 6.07. The van der Waals surface area contributed by atoms with Crippen molar-refractivity contribution in [1.82, 2.24) is 14.8 Å². The van der Waals surface area contributed by atoms with Gasteiger partial charge < -0.3 is 4.74 Å². The van der Waals surface area contributed by atoms with Crippen molar-refractivity contribution in [2.75, 3.05) is 39.3 Å². The number of aryl methyl sites for hydroxylation is 1. The van der Waals surface area contributed by atoms with Crippen molar-refractivity contribution >= 4 is 0 Å². The predicted octanol–water partition coefficient (Wildman–Crippen LogP) is 1.81. The summed E-state index contributed by atoms with van der Waals surface area (Å²) >= 11 is 0. The fraction of sp³-hybridized carbons (Fsp3) is 0.706. The van der Waals surface area contributed by atoms with Crippen LogP contribution in [0.4, 0.5) is 0 Å². The molecule has 2 saturated heterocycles. The summed E-state index contributed by atoms with van der Waals surface area (Å²) in [5.74, 6) is 0. The monoisotopic (exact) mass is 289 g/mol. The van der Waals surface area contributed by atoms with Crippen LogP contribution in [0, 0.1) is 0 Å². The van der Waals surface area contributed by atoms with Gasteiger partial charge in [0, 0.05) is 38.6 Å².